The zero-order valence-electron chi connectivity index (χ0n) is 18.3. The highest BCUT2D eigenvalue weighted by Crippen LogP contribution is 2.40. The largest absolute Gasteiger partial charge is 0.479 e. The number of thioether (sulfide) groups is 1. The van der Waals surface area contributed by atoms with Gasteiger partial charge in [-0.05, 0) is 6.92 Å². The number of amides is 2. The minimum absolute atomic E-state index is 0.00904. The van der Waals surface area contributed by atoms with Crippen molar-refractivity contribution >= 4 is 69.6 Å². The maximum absolute atomic E-state index is 12.8. The van der Waals surface area contributed by atoms with Crippen LogP contribution in [0, 0.1) is 0 Å². The van der Waals surface area contributed by atoms with E-state index in [4.69, 9.17) is 15.6 Å². The van der Waals surface area contributed by atoms with Gasteiger partial charge in [0.25, 0.3) is 11.8 Å². The number of carbonyl (C=O) groups excluding carboxylic acids is 4. The lowest BCUT2D eigenvalue weighted by molar-refractivity contribution is -0.150. The molecule has 1 fully saturated rings. The average molecular weight is 543 g/mol. The van der Waals surface area contributed by atoms with Crippen molar-refractivity contribution in [3.63, 3.8) is 0 Å². The zero-order chi connectivity index (χ0) is 26.6. The third-order valence-corrected chi connectivity index (χ3v) is 6.43. The molecule has 1 saturated heterocycles. The van der Waals surface area contributed by atoms with E-state index in [1.54, 1.807) is 0 Å². The number of rotatable bonds is 11. The Morgan fingerprint density at radius 3 is 2.58 bits per heavy atom. The first-order valence-corrected chi connectivity index (χ1v) is 11.7. The van der Waals surface area contributed by atoms with Crippen molar-refractivity contribution in [3.05, 3.63) is 17.1 Å². The predicted octanol–water partition coefficient (Wildman–Crippen LogP) is -1.81. The summed E-state index contributed by atoms with van der Waals surface area (Å²) >= 11 is 1.85. The lowest BCUT2D eigenvalue weighted by Gasteiger charge is -2.49. The number of anilines is 1. The van der Waals surface area contributed by atoms with Crippen LogP contribution in [0.25, 0.3) is 0 Å². The van der Waals surface area contributed by atoms with E-state index in [1.807, 2.05) is 0 Å². The number of esters is 1. The van der Waals surface area contributed by atoms with Gasteiger partial charge in [0.1, 0.15) is 35.9 Å². The second-order valence-corrected chi connectivity index (χ2v) is 9.11. The number of carboxylic acid groups (broad SMARTS) is 2. The number of ether oxygens (including phenoxy) is 1. The van der Waals surface area contributed by atoms with Gasteiger partial charge in [-0.1, -0.05) is 5.16 Å². The third-order valence-electron chi connectivity index (χ3n) is 4.55. The predicted molar refractivity (Wildman–Crippen MR) is 120 cm³/mol. The minimum Gasteiger partial charge on any atom is -0.479 e. The van der Waals surface area contributed by atoms with Crippen molar-refractivity contribution in [2.45, 2.75) is 24.8 Å². The number of fused-ring (bicyclic) bond motifs is 1. The summed E-state index contributed by atoms with van der Waals surface area (Å²) in [4.78, 5) is 80.2. The molecule has 0 bridgehead atoms. The standard InChI is InChI=1S/C18H18N6O10S2/c1-6(25)2-9(28)33-3-7-5-35-16-11(15(30)24(16)12(7)17(31)32)20-14(29)10(22-34-4-8(26)27)13-21-18(19)36-23-13/h11,16H,2-5H2,1H3,(H,20,29)(H,26,27)(H,31,32)(H2,19,21,23)/b22-10+/t11-,16-/m1/s1. The number of oxime groups is 1. The Morgan fingerprint density at radius 1 is 1.28 bits per heavy atom. The van der Waals surface area contributed by atoms with Gasteiger partial charge in [-0.2, -0.15) is 9.36 Å². The lowest BCUT2D eigenvalue weighted by Crippen LogP contribution is -2.71. The van der Waals surface area contributed by atoms with Crippen LogP contribution in [-0.4, -0.2) is 96.1 Å². The summed E-state index contributed by atoms with van der Waals surface area (Å²) in [5, 5.41) is 23.4. The summed E-state index contributed by atoms with van der Waals surface area (Å²) in [7, 11) is 0. The summed E-state index contributed by atoms with van der Waals surface area (Å²) in [6.45, 7) is -0.0915. The van der Waals surface area contributed by atoms with Crippen LogP contribution < -0.4 is 11.1 Å². The molecule has 1 aromatic heterocycles. The molecule has 0 aliphatic carbocycles. The molecule has 18 heteroatoms. The molecule has 2 aliphatic heterocycles. The second kappa shape index (κ2) is 11.1. The van der Waals surface area contributed by atoms with E-state index in [0.29, 0.717) is 0 Å². The van der Waals surface area contributed by atoms with Gasteiger partial charge in [-0.15, -0.1) is 11.8 Å². The topological polar surface area (TPSA) is 241 Å². The number of ketones is 1. The van der Waals surface area contributed by atoms with Crippen LogP contribution in [0.2, 0.25) is 0 Å². The number of nitrogens with two attached hydrogens (primary N) is 1. The van der Waals surface area contributed by atoms with Crippen LogP contribution >= 0.6 is 23.3 Å². The first-order valence-electron chi connectivity index (χ1n) is 9.86. The van der Waals surface area contributed by atoms with Crippen molar-refractivity contribution in [2.75, 3.05) is 24.7 Å². The number of aromatic nitrogens is 2. The highest BCUT2D eigenvalue weighted by molar-refractivity contribution is 8.00. The number of nitrogen functional groups attached to an aromatic ring is 1. The van der Waals surface area contributed by atoms with E-state index in [9.17, 15) is 33.9 Å². The molecule has 3 heterocycles. The minimum atomic E-state index is -1.44. The van der Waals surface area contributed by atoms with Gasteiger partial charge in [0.15, 0.2) is 5.13 Å². The average Bonchev–Trinajstić information content (AvgIpc) is 3.22. The van der Waals surface area contributed by atoms with Gasteiger partial charge in [0.2, 0.25) is 18.1 Å². The van der Waals surface area contributed by atoms with Crippen molar-refractivity contribution in [1.82, 2.24) is 19.6 Å². The van der Waals surface area contributed by atoms with Crippen LogP contribution in [0.1, 0.15) is 19.2 Å². The summed E-state index contributed by atoms with van der Waals surface area (Å²) < 4.78 is 8.77. The van der Waals surface area contributed by atoms with Gasteiger partial charge in [-0.3, -0.25) is 24.1 Å². The van der Waals surface area contributed by atoms with Crippen molar-refractivity contribution in [2.24, 2.45) is 5.16 Å². The number of aliphatic carboxylic acids is 2. The van der Waals surface area contributed by atoms with E-state index in [2.05, 4.69) is 24.7 Å². The smallest absolute Gasteiger partial charge is 0.352 e. The molecular formula is C18H18N6O10S2. The number of Topliss-reactive ketones (excluding diaryl/α,β-unsaturated/α-hetero) is 1. The molecule has 1 aromatic rings. The van der Waals surface area contributed by atoms with E-state index in [0.717, 1.165) is 28.2 Å². The van der Waals surface area contributed by atoms with Crippen LogP contribution in [-0.2, 0) is 38.3 Å². The third kappa shape index (κ3) is 5.95. The summed E-state index contributed by atoms with van der Waals surface area (Å²) in [6.07, 6.45) is -0.470. The highest BCUT2D eigenvalue weighted by atomic mass is 32.2. The van der Waals surface area contributed by atoms with Crippen molar-refractivity contribution < 1.29 is 48.6 Å². The fourth-order valence-electron chi connectivity index (χ4n) is 3.09. The number of nitrogens with one attached hydrogen (secondary N) is 1. The zero-order valence-corrected chi connectivity index (χ0v) is 20.0. The van der Waals surface area contributed by atoms with Gasteiger partial charge >= 0.3 is 17.9 Å². The Hall–Kier alpha value is -4.06. The molecule has 3 rings (SSSR count). The molecule has 192 valence electrons. The molecule has 36 heavy (non-hydrogen) atoms. The Labute approximate surface area is 209 Å². The monoisotopic (exact) mass is 542 g/mol. The highest BCUT2D eigenvalue weighted by Gasteiger charge is 2.54. The SMILES string of the molecule is CC(=O)CC(=O)OCC1=C(C(=O)O)N2C(=O)[C@@H](NC(=O)/C(=N/OCC(=O)O)c3nsc(N)n3)[C@H]2SC1. The Kier molecular flexibility index (Phi) is 8.20. The number of β-lactam (4-membered cyclic amide) rings is 1. The van der Waals surface area contributed by atoms with Crippen LogP contribution in [0.3, 0.4) is 0 Å². The first kappa shape index (κ1) is 26.5. The molecule has 16 nitrogen and oxygen atoms in total. The number of hydrogen-bond acceptors (Lipinski definition) is 14. The van der Waals surface area contributed by atoms with E-state index >= 15 is 0 Å². The molecule has 0 saturated carbocycles. The molecular weight excluding hydrogens is 524 g/mol. The van der Waals surface area contributed by atoms with Crippen molar-refractivity contribution in [1.29, 1.82) is 0 Å². The molecule has 0 aromatic carbocycles. The van der Waals surface area contributed by atoms with Gasteiger partial charge in [-0.25, -0.2) is 9.59 Å². The van der Waals surface area contributed by atoms with E-state index < -0.39 is 78.0 Å². The first-order chi connectivity index (χ1) is 17.0. The molecule has 2 aliphatic rings. The van der Waals surface area contributed by atoms with Crippen LogP contribution in [0.5, 0.6) is 0 Å². The van der Waals surface area contributed by atoms with Gasteiger partial charge in [0, 0.05) is 22.9 Å². The summed E-state index contributed by atoms with van der Waals surface area (Å²) in [5.74, 6) is -6.01. The van der Waals surface area contributed by atoms with E-state index in [-0.39, 0.29) is 22.3 Å². The van der Waals surface area contributed by atoms with Crippen molar-refractivity contribution in [3.8, 4) is 0 Å². The fourth-order valence-corrected chi connectivity index (χ4v) is 4.85. The molecule has 0 spiro atoms. The Morgan fingerprint density at radius 2 is 2.00 bits per heavy atom. The molecule has 0 unspecified atom stereocenters. The lowest BCUT2D eigenvalue weighted by atomic mass is 10.0. The number of carboxylic acids is 2. The van der Waals surface area contributed by atoms with E-state index in [1.165, 1.54) is 6.92 Å². The van der Waals surface area contributed by atoms with Gasteiger partial charge in [0.05, 0.1) is 0 Å². The van der Waals surface area contributed by atoms with Gasteiger partial charge < -0.3 is 30.8 Å². The maximum atomic E-state index is 12.8. The number of hydrogen-bond donors (Lipinski definition) is 4. The quantitative estimate of drug-likeness (QED) is 0.0792. The molecule has 2 atom stereocenters. The second-order valence-electron chi connectivity index (χ2n) is 7.22. The summed E-state index contributed by atoms with van der Waals surface area (Å²) in [6, 6.07) is -1.17. The molecule has 5 N–H and O–H groups in total. The fraction of sp³-hybridized carbons (Fsp3) is 0.389. The normalized spacial score (nSPS) is 19.2. The summed E-state index contributed by atoms with van der Waals surface area (Å²) in [5.41, 5.74) is 4.73. The number of carbonyl (C=O) groups is 6. The van der Waals surface area contributed by atoms with Crippen LogP contribution in [0.4, 0.5) is 5.13 Å². The Balaban J connectivity index is 1.74. The molecule has 2 amide bonds. The van der Waals surface area contributed by atoms with Crippen LogP contribution in [0.15, 0.2) is 16.4 Å². The Bertz CT molecular complexity index is 1190. The molecule has 0 radical (unpaired) electrons. The maximum Gasteiger partial charge on any atom is 0.352 e. The number of nitrogens with zero attached hydrogens (tertiary/aromatic N) is 4.